The van der Waals surface area contributed by atoms with Crippen molar-refractivity contribution in [2.45, 2.75) is 20.8 Å². The van der Waals surface area contributed by atoms with Crippen LogP contribution in [0.1, 0.15) is 34.2 Å². The molecule has 1 aliphatic heterocycles. The summed E-state index contributed by atoms with van der Waals surface area (Å²) in [6.07, 6.45) is 0. The van der Waals surface area contributed by atoms with Crippen LogP contribution in [0.3, 0.4) is 0 Å². The van der Waals surface area contributed by atoms with Crippen LogP contribution in [0, 0.1) is 13.8 Å². The minimum Gasteiger partial charge on any atom is -0.486 e. The predicted molar refractivity (Wildman–Crippen MR) is 112 cm³/mol. The minimum absolute atomic E-state index is 0.239. The van der Waals surface area contributed by atoms with E-state index in [-0.39, 0.29) is 5.91 Å². The second kappa shape index (κ2) is 7.83. The zero-order valence-corrected chi connectivity index (χ0v) is 16.7. The lowest BCUT2D eigenvalue weighted by Gasteiger charge is -2.18. The van der Waals surface area contributed by atoms with Crippen molar-refractivity contribution in [3.63, 3.8) is 0 Å². The van der Waals surface area contributed by atoms with E-state index in [1.807, 2.05) is 75.4 Å². The predicted octanol–water partition coefficient (Wildman–Crippen LogP) is 4.02. The number of aromatic nitrogens is 1. The van der Waals surface area contributed by atoms with Gasteiger partial charge in [0.15, 0.2) is 11.5 Å². The van der Waals surface area contributed by atoms with Crippen molar-refractivity contribution >= 4 is 11.6 Å². The fraction of sp³-hybridized carbons (Fsp3) is 0.217. The summed E-state index contributed by atoms with van der Waals surface area (Å²) in [5.41, 5.74) is 7.72. The Labute approximate surface area is 169 Å². The molecular formula is C23H23N3O3. The van der Waals surface area contributed by atoms with E-state index < -0.39 is 0 Å². The molecule has 4 rings (SSSR count). The molecule has 2 heterocycles. The maximum Gasteiger partial charge on any atom is 0.273 e. The number of hydrogen-bond acceptors (Lipinski definition) is 4. The summed E-state index contributed by atoms with van der Waals surface area (Å²) >= 11 is 0. The number of para-hydroxylation sites is 1. The summed E-state index contributed by atoms with van der Waals surface area (Å²) in [5.74, 6) is 1.18. The van der Waals surface area contributed by atoms with Crippen LogP contribution < -0.4 is 14.9 Å². The van der Waals surface area contributed by atoms with Gasteiger partial charge in [-0.25, -0.2) is 5.43 Å². The van der Waals surface area contributed by atoms with Crippen LogP contribution in [0.4, 0.5) is 0 Å². The fourth-order valence-electron chi connectivity index (χ4n) is 3.49. The number of ether oxygens (including phenoxy) is 2. The Kier molecular flexibility index (Phi) is 5.08. The van der Waals surface area contributed by atoms with Gasteiger partial charge < -0.3 is 14.0 Å². The number of hydrazone groups is 1. The van der Waals surface area contributed by atoms with E-state index in [0.29, 0.717) is 30.2 Å². The molecule has 0 saturated carbocycles. The number of nitrogens with zero attached hydrogens (tertiary/aromatic N) is 2. The van der Waals surface area contributed by atoms with Crippen LogP contribution in [0.25, 0.3) is 5.69 Å². The molecule has 1 aliphatic rings. The van der Waals surface area contributed by atoms with Crippen molar-refractivity contribution in [2.75, 3.05) is 13.2 Å². The summed E-state index contributed by atoms with van der Waals surface area (Å²) in [6.45, 7) is 6.85. The third-order valence-corrected chi connectivity index (χ3v) is 4.98. The first-order valence-corrected chi connectivity index (χ1v) is 9.53. The monoisotopic (exact) mass is 389 g/mol. The molecule has 0 radical (unpaired) electrons. The molecule has 0 saturated heterocycles. The lowest BCUT2D eigenvalue weighted by Crippen LogP contribution is -2.20. The number of carbonyl (C=O) groups is 1. The number of fused-ring (bicyclic) bond motifs is 1. The molecule has 29 heavy (non-hydrogen) atoms. The van der Waals surface area contributed by atoms with Crippen molar-refractivity contribution < 1.29 is 14.3 Å². The lowest BCUT2D eigenvalue weighted by atomic mass is 10.1. The Balaban J connectivity index is 1.54. The number of hydrogen-bond donors (Lipinski definition) is 1. The number of nitrogens with one attached hydrogen (secondary N) is 1. The van der Waals surface area contributed by atoms with Crippen molar-refractivity contribution in [1.29, 1.82) is 0 Å². The largest absolute Gasteiger partial charge is 0.486 e. The first-order chi connectivity index (χ1) is 14.0. The summed E-state index contributed by atoms with van der Waals surface area (Å²) in [5, 5.41) is 4.28. The van der Waals surface area contributed by atoms with Gasteiger partial charge >= 0.3 is 0 Å². The molecule has 2 aromatic carbocycles. The van der Waals surface area contributed by atoms with E-state index in [2.05, 4.69) is 15.1 Å². The molecule has 3 aromatic rings. The minimum atomic E-state index is -0.239. The van der Waals surface area contributed by atoms with Gasteiger partial charge in [0.2, 0.25) is 0 Å². The van der Waals surface area contributed by atoms with Gasteiger partial charge in [0.05, 0.1) is 11.3 Å². The van der Waals surface area contributed by atoms with Crippen LogP contribution in [-0.2, 0) is 0 Å². The first-order valence-electron chi connectivity index (χ1n) is 9.53. The molecule has 1 amide bonds. The normalized spacial score (nSPS) is 13.3. The molecule has 0 fully saturated rings. The Morgan fingerprint density at radius 2 is 1.72 bits per heavy atom. The van der Waals surface area contributed by atoms with Crippen LogP contribution in [0.15, 0.2) is 59.7 Å². The summed E-state index contributed by atoms with van der Waals surface area (Å²) in [7, 11) is 0. The zero-order valence-electron chi connectivity index (χ0n) is 16.7. The van der Waals surface area contributed by atoms with E-state index in [4.69, 9.17) is 9.47 Å². The van der Waals surface area contributed by atoms with Crippen LogP contribution in [-0.4, -0.2) is 29.4 Å². The topological polar surface area (TPSA) is 64.9 Å². The number of benzene rings is 2. The Morgan fingerprint density at radius 3 is 2.48 bits per heavy atom. The van der Waals surface area contributed by atoms with Gasteiger partial charge in [-0.3, -0.25) is 4.79 Å². The molecule has 0 atom stereocenters. The van der Waals surface area contributed by atoms with Crippen molar-refractivity contribution in [3.8, 4) is 17.2 Å². The molecule has 6 nitrogen and oxygen atoms in total. The summed E-state index contributed by atoms with van der Waals surface area (Å²) < 4.78 is 13.2. The Bertz CT molecular complexity index is 1080. The second-order valence-electron chi connectivity index (χ2n) is 6.95. The van der Waals surface area contributed by atoms with Crippen LogP contribution in [0.5, 0.6) is 11.5 Å². The highest BCUT2D eigenvalue weighted by Crippen LogP contribution is 2.30. The highest BCUT2D eigenvalue weighted by molar-refractivity contribution is 6.01. The third-order valence-electron chi connectivity index (χ3n) is 4.98. The maximum atomic E-state index is 12.8. The zero-order chi connectivity index (χ0) is 20.4. The van der Waals surface area contributed by atoms with Gasteiger partial charge in [-0.1, -0.05) is 18.2 Å². The van der Waals surface area contributed by atoms with E-state index >= 15 is 0 Å². The van der Waals surface area contributed by atoms with E-state index in [0.717, 1.165) is 28.4 Å². The lowest BCUT2D eigenvalue weighted by molar-refractivity contribution is 0.0954. The highest BCUT2D eigenvalue weighted by atomic mass is 16.6. The third kappa shape index (κ3) is 3.74. The van der Waals surface area contributed by atoms with Crippen LogP contribution in [0.2, 0.25) is 0 Å². The van der Waals surface area contributed by atoms with Crippen LogP contribution >= 0.6 is 0 Å². The maximum absolute atomic E-state index is 12.8. The summed E-state index contributed by atoms with van der Waals surface area (Å²) in [6, 6.07) is 17.5. The number of carbonyl (C=O) groups excluding carboxylic acids is 1. The SMILES string of the molecule is CC(=NNC(=O)c1cc(C)n(-c2ccccc2)c1C)c1ccc2c(c1)OCCO2. The smallest absolute Gasteiger partial charge is 0.273 e. The van der Waals surface area contributed by atoms with Gasteiger partial charge in [0.25, 0.3) is 5.91 Å². The quantitative estimate of drug-likeness (QED) is 0.541. The number of amides is 1. The molecule has 0 aliphatic carbocycles. The number of rotatable bonds is 4. The Hall–Kier alpha value is -3.54. The molecule has 148 valence electrons. The van der Waals surface area contributed by atoms with Gasteiger partial charge in [0.1, 0.15) is 13.2 Å². The number of aryl methyl sites for hydroxylation is 1. The van der Waals surface area contributed by atoms with Crippen molar-refractivity contribution in [2.24, 2.45) is 5.10 Å². The van der Waals surface area contributed by atoms with Crippen molar-refractivity contribution in [1.82, 2.24) is 9.99 Å². The Morgan fingerprint density at radius 1 is 1.00 bits per heavy atom. The molecule has 6 heteroatoms. The second-order valence-corrected chi connectivity index (χ2v) is 6.95. The molecular weight excluding hydrogens is 366 g/mol. The standard InChI is InChI=1S/C23H23N3O3/c1-15-13-20(17(3)26(15)19-7-5-4-6-8-19)23(27)25-24-16(2)18-9-10-21-22(14-18)29-12-11-28-21/h4-10,13-14H,11-12H2,1-3H3,(H,25,27). The van der Waals surface area contributed by atoms with Crippen molar-refractivity contribution in [3.05, 3.63) is 77.1 Å². The molecule has 0 unspecified atom stereocenters. The van der Waals surface area contributed by atoms with Gasteiger partial charge in [0, 0.05) is 22.6 Å². The summed E-state index contributed by atoms with van der Waals surface area (Å²) in [4.78, 5) is 12.8. The molecule has 0 bridgehead atoms. The van der Waals surface area contributed by atoms with E-state index in [9.17, 15) is 4.79 Å². The molecule has 1 aromatic heterocycles. The molecule has 1 N–H and O–H groups in total. The fourth-order valence-corrected chi connectivity index (χ4v) is 3.49. The van der Waals surface area contributed by atoms with Gasteiger partial charge in [-0.2, -0.15) is 5.10 Å². The van der Waals surface area contributed by atoms with E-state index in [1.165, 1.54) is 0 Å². The van der Waals surface area contributed by atoms with E-state index in [1.54, 1.807) is 0 Å². The highest BCUT2D eigenvalue weighted by Gasteiger charge is 2.17. The molecule has 0 spiro atoms. The van der Waals surface area contributed by atoms with Gasteiger partial charge in [-0.05, 0) is 57.2 Å². The average molecular weight is 389 g/mol. The van der Waals surface area contributed by atoms with Gasteiger partial charge in [-0.15, -0.1) is 0 Å². The first kappa shape index (κ1) is 18.8. The average Bonchev–Trinajstić information content (AvgIpc) is 3.06.